The van der Waals surface area contributed by atoms with E-state index in [1.807, 2.05) is 5.57 Å². The topological polar surface area (TPSA) is 20.2 Å². The smallest absolute Gasteiger partial charge is 0.0543 e. The molecule has 1 nitrogen and oxygen atoms in total. The highest BCUT2D eigenvalue weighted by Crippen LogP contribution is 2.66. The largest absolute Gasteiger partial charge is 0.393 e. The van der Waals surface area contributed by atoms with Gasteiger partial charge in [0.2, 0.25) is 0 Å². The van der Waals surface area contributed by atoms with Gasteiger partial charge in [-0.15, -0.1) is 0 Å². The summed E-state index contributed by atoms with van der Waals surface area (Å²) in [7, 11) is 0. The van der Waals surface area contributed by atoms with Crippen LogP contribution in [0.2, 0.25) is 0 Å². The number of fused-ring (bicyclic) bond motifs is 5. The zero-order valence-electron chi connectivity index (χ0n) is 20.1. The molecule has 0 spiro atoms. The molecule has 0 heterocycles. The van der Waals surface area contributed by atoms with Crippen molar-refractivity contribution in [1.29, 1.82) is 0 Å². The molecular weight excluding hydrogens is 352 g/mol. The van der Waals surface area contributed by atoms with Crippen molar-refractivity contribution in [2.75, 3.05) is 0 Å². The molecule has 0 aliphatic heterocycles. The van der Waals surface area contributed by atoms with Gasteiger partial charge in [-0.05, 0) is 125 Å². The van der Waals surface area contributed by atoms with Gasteiger partial charge in [0.1, 0.15) is 0 Å². The Kier molecular flexibility index (Phi) is 5.86. The standard InChI is InChI=1S/C28H46O/c1-18(2)19(3)7-8-20(4)24-11-12-25-23-10-9-21-17-22(29)13-15-27(21,5)26(23)14-16-28(24,25)6/h10,20-22,24-26,29H,7-9,11-17H2,1-6H3. The van der Waals surface area contributed by atoms with Crippen LogP contribution in [-0.4, -0.2) is 11.2 Å². The van der Waals surface area contributed by atoms with Crippen LogP contribution in [0, 0.1) is 40.4 Å². The summed E-state index contributed by atoms with van der Waals surface area (Å²) in [5, 5.41) is 10.2. The second-order valence-electron chi connectivity index (χ2n) is 12.2. The van der Waals surface area contributed by atoms with Gasteiger partial charge in [0.25, 0.3) is 0 Å². The highest BCUT2D eigenvalue weighted by atomic mass is 16.3. The molecule has 1 N–H and O–H groups in total. The zero-order chi connectivity index (χ0) is 21.0. The van der Waals surface area contributed by atoms with E-state index in [0.29, 0.717) is 16.7 Å². The Morgan fingerprint density at radius 2 is 1.72 bits per heavy atom. The van der Waals surface area contributed by atoms with Crippen LogP contribution in [0.3, 0.4) is 0 Å². The monoisotopic (exact) mass is 398 g/mol. The van der Waals surface area contributed by atoms with Crippen molar-refractivity contribution in [3.63, 3.8) is 0 Å². The highest BCUT2D eigenvalue weighted by Gasteiger charge is 2.58. The molecule has 0 aromatic carbocycles. The molecule has 8 atom stereocenters. The third-order valence-corrected chi connectivity index (χ3v) is 10.6. The van der Waals surface area contributed by atoms with Gasteiger partial charge in [0, 0.05) is 0 Å². The number of hydrogen-bond donors (Lipinski definition) is 1. The molecule has 29 heavy (non-hydrogen) atoms. The maximum Gasteiger partial charge on any atom is 0.0543 e. The summed E-state index contributed by atoms with van der Waals surface area (Å²) in [4.78, 5) is 0. The van der Waals surface area contributed by atoms with Crippen molar-refractivity contribution in [2.24, 2.45) is 40.4 Å². The first-order valence-electron chi connectivity index (χ1n) is 12.7. The van der Waals surface area contributed by atoms with Gasteiger partial charge in [-0.2, -0.15) is 0 Å². The van der Waals surface area contributed by atoms with Gasteiger partial charge in [-0.3, -0.25) is 0 Å². The summed E-state index contributed by atoms with van der Waals surface area (Å²) >= 11 is 0. The summed E-state index contributed by atoms with van der Waals surface area (Å²) in [5.41, 5.74) is 5.96. The van der Waals surface area contributed by atoms with E-state index in [1.165, 1.54) is 56.9 Å². The molecule has 4 rings (SSSR count). The number of allylic oxidation sites excluding steroid dienone is 4. The van der Waals surface area contributed by atoms with Crippen molar-refractivity contribution in [2.45, 2.75) is 112 Å². The lowest BCUT2D eigenvalue weighted by Gasteiger charge is -2.57. The predicted octanol–water partition coefficient (Wildman–Crippen LogP) is 7.70. The average molecular weight is 399 g/mol. The van der Waals surface area contributed by atoms with Gasteiger partial charge in [0.15, 0.2) is 0 Å². The van der Waals surface area contributed by atoms with E-state index in [1.54, 1.807) is 5.57 Å². The van der Waals surface area contributed by atoms with Crippen molar-refractivity contribution in [3.05, 3.63) is 22.8 Å². The maximum absolute atomic E-state index is 10.2. The highest BCUT2D eigenvalue weighted by molar-refractivity contribution is 5.27. The maximum atomic E-state index is 10.2. The first kappa shape index (κ1) is 21.7. The van der Waals surface area contributed by atoms with E-state index >= 15 is 0 Å². The summed E-state index contributed by atoms with van der Waals surface area (Å²) in [6.45, 7) is 14.7. The second kappa shape index (κ2) is 7.85. The average Bonchev–Trinajstić information content (AvgIpc) is 3.03. The van der Waals surface area contributed by atoms with Gasteiger partial charge in [-0.1, -0.05) is 43.6 Å². The molecule has 0 saturated heterocycles. The number of hydrogen-bond acceptors (Lipinski definition) is 1. The zero-order valence-corrected chi connectivity index (χ0v) is 20.1. The third kappa shape index (κ3) is 3.58. The van der Waals surface area contributed by atoms with Crippen LogP contribution in [0.25, 0.3) is 0 Å². The molecule has 0 aromatic heterocycles. The van der Waals surface area contributed by atoms with E-state index in [9.17, 15) is 5.11 Å². The van der Waals surface area contributed by atoms with Crippen LogP contribution >= 0.6 is 0 Å². The van der Waals surface area contributed by atoms with E-state index < -0.39 is 0 Å². The van der Waals surface area contributed by atoms with Crippen molar-refractivity contribution in [3.8, 4) is 0 Å². The van der Waals surface area contributed by atoms with Crippen molar-refractivity contribution >= 4 is 0 Å². The Hall–Kier alpha value is -0.560. The summed E-state index contributed by atoms with van der Waals surface area (Å²) < 4.78 is 0. The number of aliphatic hydroxyl groups is 1. The molecular formula is C28H46O. The van der Waals surface area contributed by atoms with Crippen molar-refractivity contribution in [1.82, 2.24) is 0 Å². The first-order chi connectivity index (χ1) is 13.7. The van der Waals surface area contributed by atoms with Gasteiger partial charge in [-0.25, -0.2) is 0 Å². The minimum Gasteiger partial charge on any atom is -0.393 e. The fourth-order valence-corrected chi connectivity index (χ4v) is 8.36. The molecule has 3 saturated carbocycles. The van der Waals surface area contributed by atoms with E-state index in [0.717, 1.165) is 36.5 Å². The molecule has 0 amide bonds. The molecule has 0 aromatic rings. The Morgan fingerprint density at radius 1 is 1.03 bits per heavy atom. The Labute approximate surface area is 180 Å². The van der Waals surface area contributed by atoms with E-state index in [2.05, 4.69) is 47.6 Å². The molecule has 0 radical (unpaired) electrons. The Bertz CT molecular complexity index is 682. The minimum absolute atomic E-state index is 0.0437. The van der Waals surface area contributed by atoms with E-state index in [4.69, 9.17) is 0 Å². The summed E-state index contributed by atoms with van der Waals surface area (Å²) in [6, 6.07) is 0. The number of aliphatic hydroxyl groups excluding tert-OH is 1. The van der Waals surface area contributed by atoms with Crippen LogP contribution in [0.15, 0.2) is 22.8 Å². The van der Waals surface area contributed by atoms with Gasteiger partial charge in [0.05, 0.1) is 6.10 Å². The third-order valence-electron chi connectivity index (χ3n) is 10.6. The summed E-state index contributed by atoms with van der Waals surface area (Å²) in [6.07, 6.45) is 15.5. The molecule has 164 valence electrons. The Balaban J connectivity index is 1.52. The lowest BCUT2D eigenvalue weighted by atomic mass is 9.47. The van der Waals surface area contributed by atoms with Gasteiger partial charge < -0.3 is 5.11 Å². The quantitative estimate of drug-likeness (QED) is 0.481. The number of rotatable bonds is 4. The fourth-order valence-electron chi connectivity index (χ4n) is 8.36. The molecule has 4 aliphatic rings. The van der Waals surface area contributed by atoms with Crippen LogP contribution in [0.1, 0.15) is 106 Å². The van der Waals surface area contributed by atoms with Gasteiger partial charge >= 0.3 is 0 Å². The molecule has 3 fully saturated rings. The molecule has 1 heteroatoms. The molecule has 4 aliphatic carbocycles. The second-order valence-corrected chi connectivity index (χ2v) is 12.2. The first-order valence-corrected chi connectivity index (χ1v) is 12.7. The van der Waals surface area contributed by atoms with Crippen LogP contribution in [0.4, 0.5) is 0 Å². The van der Waals surface area contributed by atoms with Crippen molar-refractivity contribution < 1.29 is 5.11 Å². The minimum atomic E-state index is -0.0437. The SMILES string of the molecule is CC(C)=C(C)CCC(C)C1CCC2C3=CCC4CC(O)CCC4(C)C3CCC21C. The normalized spacial score (nSPS) is 44.9. The van der Waals surface area contributed by atoms with Crippen LogP contribution in [-0.2, 0) is 0 Å². The predicted molar refractivity (Wildman–Crippen MR) is 124 cm³/mol. The van der Waals surface area contributed by atoms with Crippen LogP contribution in [0.5, 0.6) is 0 Å². The summed E-state index contributed by atoms with van der Waals surface area (Å²) in [5.74, 6) is 4.09. The lowest BCUT2D eigenvalue weighted by molar-refractivity contribution is -0.0427. The van der Waals surface area contributed by atoms with Crippen LogP contribution < -0.4 is 0 Å². The molecule has 8 unspecified atom stereocenters. The van der Waals surface area contributed by atoms with E-state index in [-0.39, 0.29) is 6.10 Å². The lowest BCUT2D eigenvalue weighted by Crippen LogP contribution is -2.49. The Morgan fingerprint density at radius 3 is 2.45 bits per heavy atom. The fraction of sp³-hybridized carbons (Fsp3) is 0.857. The molecule has 0 bridgehead atoms.